The van der Waals surface area contributed by atoms with Crippen molar-refractivity contribution in [2.24, 2.45) is 0 Å². The predicted octanol–water partition coefficient (Wildman–Crippen LogP) is 5.47. The lowest BCUT2D eigenvalue weighted by molar-refractivity contribution is 0.0945. The Morgan fingerprint density at radius 3 is 2.50 bits per heavy atom. The number of carbonyl (C=O) groups excluding carboxylic acids is 1. The van der Waals surface area contributed by atoms with E-state index in [-0.39, 0.29) is 5.75 Å². The first-order valence-corrected chi connectivity index (χ1v) is 13.9. The average Bonchev–Trinajstić information content (AvgIpc) is 3.18. The summed E-state index contributed by atoms with van der Waals surface area (Å²) < 4.78 is 26.2. The summed E-state index contributed by atoms with van der Waals surface area (Å²) in [6, 6.07) is 21.1. The number of halogens is 1. The Hall–Kier alpha value is -3.20. The van der Waals surface area contributed by atoms with Crippen LogP contribution in [0.1, 0.15) is 47.9 Å². The van der Waals surface area contributed by atoms with E-state index in [0.717, 1.165) is 46.4 Å². The zero-order valence-corrected chi connectivity index (χ0v) is 21.9. The van der Waals surface area contributed by atoms with Crippen LogP contribution in [0.3, 0.4) is 0 Å². The summed E-state index contributed by atoms with van der Waals surface area (Å²) in [5, 5.41) is 0.643. The van der Waals surface area contributed by atoms with Gasteiger partial charge >= 0.3 is 0 Å². The van der Waals surface area contributed by atoms with Crippen molar-refractivity contribution in [1.29, 1.82) is 0 Å². The molecule has 1 amide bonds. The molecule has 0 aliphatic rings. The second-order valence-corrected chi connectivity index (χ2v) is 11.0. The zero-order valence-electron chi connectivity index (χ0n) is 20.3. The van der Waals surface area contributed by atoms with Gasteiger partial charge in [0.1, 0.15) is 5.82 Å². The molecule has 0 unspecified atom stereocenters. The third kappa shape index (κ3) is 6.13. The highest BCUT2D eigenvalue weighted by molar-refractivity contribution is 7.89. The number of hydrogen-bond donors (Lipinski definition) is 2. The number of fused-ring (bicyclic) bond motifs is 1. The molecule has 1 aromatic heterocycles. The monoisotopic (exact) mass is 524 g/mol. The third-order valence-electron chi connectivity index (χ3n) is 6.03. The summed E-state index contributed by atoms with van der Waals surface area (Å²) in [6.07, 6.45) is 2.27. The Labute approximate surface area is 216 Å². The van der Waals surface area contributed by atoms with Gasteiger partial charge in [-0.15, -0.1) is 4.83 Å². The molecule has 0 fully saturated rings. The zero-order chi connectivity index (χ0) is 25.7. The average molecular weight is 525 g/mol. The van der Waals surface area contributed by atoms with Crippen LogP contribution in [-0.4, -0.2) is 29.6 Å². The van der Waals surface area contributed by atoms with E-state index in [9.17, 15) is 13.2 Å². The van der Waals surface area contributed by atoms with Crippen LogP contribution >= 0.6 is 11.6 Å². The van der Waals surface area contributed by atoms with Crippen LogP contribution in [0.2, 0.25) is 5.02 Å². The minimum Gasteiger partial charge on any atom is -0.324 e. The lowest BCUT2D eigenvalue weighted by atomic mass is 10.0. The summed E-state index contributed by atoms with van der Waals surface area (Å²) in [7, 11) is -3.59. The Bertz CT molecular complexity index is 1480. The molecule has 36 heavy (non-hydrogen) atoms. The number of sulfonamides is 1. The highest BCUT2D eigenvalue weighted by Crippen LogP contribution is 2.28. The molecule has 4 rings (SSSR count). The lowest BCUT2D eigenvalue weighted by Gasteiger charge is -2.12. The molecule has 188 valence electrons. The Morgan fingerprint density at radius 1 is 1.00 bits per heavy atom. The molecule has 0 bridgehead atoms. The maximum Gasteiger partial charge on any atom is 0.266 e. The summed E-state index contributed by atoms with van der Waals surface area (Å²) in [4.78, 5) is 19.5. The number of rotatable bonds is 10. The number of aromatic nitrogens is 2. The smallest absolute Gasteiger partial charge is 0.266 e. The van der Waals surface area contributed by atoms with Crippen molar-refractivity contribution in [2.45, 2.75) is 39.7 Å². The van der Waals surface area contributed by atoms with E-state index < -0.39 is 15.9 Å². The SMILES string of the molecule is CCCCCS(=O)(=O)NNC(=O)c1ccc2nc(C)n(Cc3ccc(-c4ccccc4)cc3Cl)c2c1. The quantitative estimate of drug-likeness (QED) is 0.212. The summed E-state index contributed by atoms with van der Waals surface area (Å²) >= 11 is 6.65. The van der Waals surface area contributed by atoms with Crippen molar-refractivity contribution in [3.05, 3.63) is 88.7 Å². The molecule has 3 aromatic carbocycles. The van der Waals surface area contributed by atoms with Gasteiger partial charge < -0.3 is 4.57 Å². The molecular weight excluding hydrogens is 496 g/mol. The van der Waals surface area contributed by atoms with Gasteiger partial charge in [-0.1, -0.05) is 73.8 Å². The van der Waals surface area contributed by atoms with Crippen LogP contribution in [0, 0.1) is 6.92 Å². The molecule has 0 saturated heterocycles. The van der Waals surface area contributed by atoms with Gasteiger partial charge in [-0.2, -0.15) is 0 Å². The van der Waals surface area contributed by atoms with E-state index in [4.69, 9.17) is 11.6 Å². The number of benzene rings is 3. The second-order valence-electron chi connectivity index (χ2n) is 8.70. The number of nitrogens with zero attached hydrogens (tertiary/aromatic N) is 2. The highest BCUT2D eigenvalue weighted by atomic mass is 35.5. The van der Waals surface area contributed by atoms with Gasteiger partial charge in [-0.25, -0.2) is 13.4 Å². The number of amides is 1. The first-order valence-electron chi connectivity index (χ1n) is 11.9. The number of hydrogen-bond acceptors (Lipinski definition) is 4. The molecule has 4 aromatic rings. The summed E-state index contributed by atoms with van der Waals surface area (Å²) in [5.74, 6) is 0.213. The van der Waals surface area contributed by atoms with Gasteiger partial charge in [-0.3, -0.25) is 10.2 Å². The largest absolute Gasteiger partial charge is 0.324 e. The molecule has 9 heteroatoms. The van der Waals surface area contributed by atoms with Crippen molar-refractivity contribution in [3.63, 3.8) is 0 Å². The first kappa shape index (κ1) is 25.9. The number of aryl methyl sites for hydroxylation is 1. The van der Waals surface area contributed by atoms with Crippen LogP contribution in [0.25, 0.3) is 22.2 Å². The van der Waals surface area contributed by atoms with Gasteiger partial charge in [0.25, 0.3) is 5.91 Å². The van der Waals surface area contributed by atoms with E-state index in [1.807, 2.05) is 66.9 Å². The number of carbonyl (C=O) groups is 1. The van der Waals surface area contributed by atoms with Gasteiger partial charge in [0.2, 0.25) is 10.0 Å². The summed E-state index contributed by atoms with van der Waals surface area (Å²) in [5.41, 5.74) is 7.18. The van der Waals surface area contributed by atoms with Gasteiger partial charge in [0, 0.05) is 10.6 Å². The number of hydrazine groups is 1. The maximum absolute atomic E-state index is 12.7. The molecule has 2 N–H and O–H groups in total. The van der Waals surface area contributed by atoms with E-state index in [1.165, 1.54) is 0 Å². The molecular formula is C27H29ClN4O3S. The topological polar surface area (TPSA) is 93.1 Å². The molecule has 7 nitrogen and oxygen atoms in total. The van der Waals surface area contributed by atoms with Crippen LogP contribution in [0.15, 0.2) is 66.7 Å². The molecule has 0 spiro atoms. The van der Waals surface area contributed by atoms with Crippen LogP contribution in [-0.2, 0) is 16.6 Å². The molecule has 0 radical (unpaired) electrons. The predicted molar refractivity (Wildman–Crippen MR) is 144 cm³/mol. The first-order chi connectivity index (χ1) is 17.3. The molecule has 0 saturated carbocycles. The van der Waals surface area contributed by atoms with Gasteiger partial charge in [-0.05, 0) is 54.3 Å². The van der Waals surface area contributed by atoms with E-state index >= 15 is 0 Å². The standard InChI is InChI=1S/C27H29ClN4O3S/c1-3-4-8-15-36(34,35)31-30-27(33)22-13-14-25-26(17-22)32(19(2)29-25)18-23-12-11-21(16-24(23)28)20-9-6-5-7-10-20/h5-7,9-14,16-17,31H,3-4,8,15,18H2,1-2H3,(H,30,33). The fourth-order valence-corrected chi connectivity index (χ4v) is 5.20. The van der Waals surface area contributed by atoms with Crippen molar-refractivity contribution in [2.75, 3.05) is 5.75 Å². The number of unbranched alkanes of at least 4 members (excludes halogenated alkanes) is 2. The molecule has 0 atom stereocenters. The highest BCUT2D eigenvalue weighted by Gasteiger charge is 2.16. The van der Waals surface area contributed by atoms with Gasteiger partial charge in [0.15, 0.2) is 0 Å². The van der Waals surface area contributed by atoms with Gasteiger partial charge in [0.05, 0.1) is 23.3 Å². The minimum absolute atomic E-state index is 0.0318. The van der Waals surface area contributed by atoms with Crippen molar-refractivity contribution in [1.82, 2.24) is 19.8 Å². The Kier molecular flexibility index (Phi) is 8.08. The minimum atomic E-state index is -3.59. The van der Waals surface area contributed by atoms with E-state index in [0.29, 0.717) is 23.6 Å². The second kappa shape index (κ2) is 11.2. The Balaban J connectivity index is 1.54. The molecule has 1 heterocycles. The van der Waals surface area contributed by atoms with Crippen LogP contribution in [0.4, 0.5) is 0 Å². The fourth-order valence-electron chi connectivity index (χ4n) is 4.03. The van der Waals surface area contributed by atoms with E-state index in [2.05, 4.69) is 15.2 Å². The van der Waals surface area contributed by atoms with Crippen LogP contribution < -0.4 is 10.3 Å². The van der Waals surface area contributed by atoms with Crippen molar-refractivity contribution < 1.29 is 13.2 Å². The molecule has 0 aliphatic carbocycles. The lowest BCUT2D eigenvalue weighted by Crippen LogP contribution is -2.42. The third-order valence-corrected chi connectivity index (χ3v) is 7.62. The van der Waals surface area contributed by atoms with Crippen LogP contribution in [0.5, 0.6) is 0 Å². The molecule has 0 aliphatic heterocycles. The number of imidazole rings is 1. The number of nitrogens with one attached hydrogen (secondary N) is 2. The Morgan fingerprint density at radius 2 is 1.78 bits per heavy atom. The maximum atomic E-state index is 12.7. The fraction of sp³-hybridized carbons (Fsp3) is 0.259. The van der Waals surface area contributed by atoms with E-state index in [1.54, 1.807) is 18.2 Å². The summed E-state index contributed by atoms with van der Waals surface area (Å²) in [6.45, 7) is 4.37. The van der Waals surface area contributed by atoms with Crippen molar-refractivity contribution in [3.8, 4) is 11.1 Å². The normalized spacial score (nSPS) is 11.6. The van der Waals surface area contributed by atoms with Crippen molar-refractivity contribution >= 4 is 38.6 Å².